The fraction of sp³-hybridized carbons (Fsp3) is 0.286. The SMILES string of the molecule is Cc1ccc(N2C(=O)C[C@H](Sc3ncn[nH]3)C2=O)cc1C. The van der Waals surface area contributed by atoms with Crippen molar-refractivity contribution in [2.24, 2.45) is 0 Å². The second-order valence-electron chi connectivity index (χ2n) is 4.94. The zero-order valence-corrected chi connectivity index (χ0v) is 12.5. The summed E-state index contributed by atoms with van der Waals surface area (Å²) in [6.07, 6.45) is 1.56. The molecule has 2 heterocycles. The molecule has 1 fully saturated rings. The summed E-state index contributed by atoms with van der Waals surface area (Å²) in [7, 11) is 0. The summed E-state index contributed by atoms with van der Waals surface area (Å²) in [6, 6.07) is 5.59. The highest BCUT2D eigenvalue weighted by Crippen LogP contribution is 2.32. The number of nitrogens with zero attached hydrogens (tertiary/aromatic N) is 3. The molecule has 1 aliphatic heterocycles. The second-order valence-corrected chi connectivity index (χ2v) is 6.13. The van der Waals surface area contributed by atoms with E-state index in [1.54, 1.807) is 6.07 Å². The highest BCUT2D eigenvalue weighted by molar-refractivity contribution is 8.00. The van der Waals surface area contributed by atoms with E-state index in [1.807, 2.05) is 26.0 Å². The molecule has 0 bridgehead atoms. The number of carbonyl (C=O) groups is 2. The van der Waals surface area contributed by atoms with Crippen LogP contribution in [0.15, 0.2) is 29.7 Å². The molecule has 21 heavy (non-hydrogen) atoms. The lowest BCUT2D eigenvalue weighted by Gasteiger charge is -2.16. The average Bonchev–Trinajstić information content (AvgIpc) is 3.03. The minimum absolute atomic E-state index is 0.178. The Morgan fingerprint density at radius 3 is 2.76 bits per heavy atom. The number of thioether (sulfide) groups is 1. The van der Waals surface area contributed by atoms with Gasteiger partial charge in [0.05, 0.1) is 5.69 Å². The number of carbonyl (C=O) groups excluding carboxylic acids is 2. The van der Waals surface area contributed by atoms with Gasteiger partial charge in [-0.15, -0.1) is 0 Å². The topological polar surface area (TPSA) is 79.0 Å². The first-order chi connectivity index (χ1) is 10.1. The molecule has 7 heteroatoms. The number of H-pyrrole nitrogens is 1. The number of hydrogen-bond acceptors (Lipinski definition) is 5. The molecule has 1 aromatic carbocycles. The number of hydrogen-bond donors (Lipinski definition) is 1. The summed E-state index contributed by atoms with van der Waals surface area (Å²) in [4.78, 5) is 29.9. The summed E-state index contributed by atoms with van der Waals surface area (Å²) in [5.74, 6) is -0.384. The van der Waals surface area contributed by atoms with E-state index in [-0.39, 0.29) is 18.2 Å². The monoisotopic (exact) mass is 302 g/mol. The molecular weight excluding hydrogens is 288 g/mol. The molecule has 2 amide bonds. The van der Waals surface area contributed by atoms with E-state index in [1.165, 1.54) is 23.0 Å². The molecule has 108 valence electrons. The lowest BCUT2D eigenvalue weighted by molar-refractivity contribution is -0.121. The molecule has 3 rings (SSSR count). The van der Waals surface area contributed by atoms with Crippen LogP contribution in [0.25, 0.3) is 0 Å². The molecule has 0 radical (unpaired) electrons. The Bertz CT molecular complexity index is 699. The van der Waals surface area contributed by atoms with Gasteiger partial charge in [-0.3, -0.25) is 14.7 Å². The molecule has 1 N–H and O–H groups in total. The predicted octanol–water partition coefficient (Wildman–Crippen LogP) is 1.85. The summed E-state index contributed by atoms with van der Waals surface area (Å²) >= 11 is 1.23. The summed E-state index contributed by atoms with van der Waals surface area (Å²) in [6.45, 7) is 3.96. The number of aromatic amines is 1. The quantitative estimate of drug-likeness (QED) is 0.875. The van der Waals surface area contributed by atoms with Gasteiger partial charge in [0.1, 0.15) is 11.6 Å². The van der Waals surface area contributed by atoms with Crippen molar-refractivity contribution in [1.82, 2.24) is 15.2 Å². The summed E-state index contributed by atoms with van der Waals surface area (Å²) < 4.78 is 0. The van der Waals surface area contributed by atoms with Crippen LogP contribution in [-0.4, -0.2) is 32.2 Å². The van der Waals surface area contributed by atoms with E-state index in [4.69, 9.17) is 0 Å². The third-order valence-electron chi connectivity index (χ3n) is 3.50. The number of aryl methyl sites for hydroxylation is 2. The molecule has 6 nitrogen and oxygen atoms in total. The Hall–Kier alpha value is -2.15. The third kappa shape index (κ3) is 2.56. The van der Waals surface area contributed by atoms with Crippen molar-refractivity contribution in [3.8, 4) is 0 Å². The van der Waals surface area contributed by atoms with Crippen LogP contribution in [-0.2, 0) is 9.59 Å². The largest absolute Gasteiger partial charge is 0.274 e. The molecule has 1 saturated heterocycles. The van der Waals surface area contributed by atoms with Crippen molar-refractivity contribution in [3.63, 3.8) is 0 Å². The van der Waals surface area contributed by atoms with Crippen molar-refractivity contribution >= 4 is 29.3 Å². The first kappa shape index (κ1) is 13.8. The van der Waals surface area contributed by atoms with Gasteiger partial charge in [-0.2, -0.15) is 5.10 Å². The Morgan fingerprint density at radius 2 is 2.10 bits per heavy atom. The van der Waals surface area contributed by atoms with Crippen LogP contribution in [0.3, 0.4) is 0 Å². The fourth-order valence-corrected chi connectivity index (χ4v) is 3.13. The first-order valence-corrected chi connectivity index (χ1v) is 7.40. The first-order valence-electron chi connectivity index (χ1n) is 6.52. The number of amides is 2. The van der Waals surface area contributed by atoms with Crippen molar-refractivity contribution in [2.75, 3.05) is 4.90 Å². The molecule has 1 aromatic heterocycles. The van der Waals surface area contributed by atoms with Crippen LogP contribution in [0.2, 0.25) is 0 Å². The summed E-state index contributed by atoms with van der Waals surface area (Å²) in [5.41, 5.74) is 2.82. The van der Waals surface area contributed by atoms with Gasteiger partial charge in [-0.05, 0) is 37.1 Å². The van der Waals surface area contributed by atoms with Crippen molar-refractivity contribution < 1.29 is 9.59 Å². The Kier molecular flexibility index (Phi) is 3.50. The molecule has 0 saturated carbocycles. The third-order valence-corrected chi connectivity index (χ3v) is 4.57. The molecule has 1 aliphatic rings. The molecule has 0 aliphatic carbocycles. The van der Waals surface area contributed by atoms with Crippen LogP contribution in [0, 0.1) is 13.8 Å². The van der Waals surface area contributed by atoms with Gasteiger partial charge in [0, 0.05) is 6.42 Å². The smallest absolute Gasteiger partial charge is 0.247 e. The molecule has 1 atom stereocenters. The Morgan fingerprint density at radius 1 is 1.29 bits per heavy atom. The normalized spacial score (nSPS) is 18.6. The van der Waals surface area contributed by atoms with E-state index >= 15 is 0 Å². The minimum Gasteiger partial charge on any atom is -0.274 e. The molecule has 0 unspecified atom stereocenters. The number of nitrogens with one attached hydrogen (secondary N) is 1. The average molecular weight is 302 g/mol. The molecule has 2 aromatic rings. The van der Waals surface area contributed by atoms with Crippen LogP contribution in [0.5, 0.6) is 0 Å². The van der Waals surface area contributed by atoms with Gasteiger partial charge in [0.2, 0.25) is 11.8 Å². The van der Waals surface area contributed by atoms with Gasteiger partial charge in [-0.1, -0.05) is 17.8 Å². The van der Waals surface area contributed by atoms with Crippen LogP contribution in [0.1, 0.15) is 17.5 Å². The van der Waals surface area contributed by atoms with E-state index in [2.05, 4.69) is 15.2 Å². The molecular formula is C14H14N4O2S. The maximum Gasteiger partial charge on any atom is 0.247 e. The van der Waals surface area contributed by atoms with Gasteiger partial charge in [-0.25, -0.2) is 9.88 Å². The second kappa shape index (κ2) is 5.33. The zero-order valence-electron chi connectivity index (χ0n) is 11.7. The minimum atomic E-state index is -0.452. The van der Waals surface area contributed by atoms with Gasteiger partial charge in [0.15, 0.2) is 5.16 Å². The van der Waals surface area contributed by atoms with Gasteiger partial charge < -0.3 is 0 Å². The van der Waals surface area contributed by atoms with E-state index in [0.717, 1.165) is 11.1 Å². The highest BCUT2D eigenvalue weighted by Gasteiger charge is 2.40. The Balaban J connectivity index is 1.84. The van der Waals surface area contributed by atoms with Crippen molar-refractivity contribution in [1.29, 1.82) is 0 Å². The van der Waals surface area contributed by atoms with Crippen LogP contribution < -0.4 is 4.90 Å². The number of benzene rings is 1. The van der Waals surface area contributed by atoms with Gasteiger partial charge in [0.25, 0.3) is 0 Å². The van der Waals surface area contributed by atoms with Crippen molar-refractivity contribution in [3.05, 3.63) is 35.7 Å². The standard InChI is InChI=1S/C14H14N4O2S/c1-8-3-4-10(5-9(8)2)18-12(19)6-11(13(18)20)21-14-15-7-16-17-14/h3-5,7,11H,6H2,1-2H3,(H,15,16,17)/t11-/m0/s1. The van der Waals surface area contributed by atoms with Crippen molar-refractivity contribution in [2.45, 2.75) is 30.7 Å². The number of rotatable bonds is 3. The lowest BCUT2D eigenvalue weighted by Crippen LogP contribution is -2.31. The van der Waals surface area contributed by atoms with E-state index in [9.17, 15) is 9.59 Å². The molecule has 0 spiro atoms. The zero-order chi connectivity index (χ0) is 15.0. The number of aromatic nitrogens is 3. The summed E-state index contributed by atoms with van der Waals surface area (Å²) in [5, 5.41) is 6.52. The predicted molar refractivity (Wildman–Crippen MR) is 79.1 cm³/mol. The number of anilines is 1. The maximum atomic E-state index is 12.5. The van der Waals surface area contributed by atoms with E-state index < -0.39 is 5.25 Å². The van der Waals surface area contributed by atoms with Crippen LogP contribution >= 0.6 is 11.8 Å². The van der Waals surface area contributed by atoms with Gasteiger partial charge >= 0.3 is 0 Å². The van der Waals surface area contributed by atoms with Crippen LogP contribution in [0.4, 0.5) is 5.69 Å². The lowest BCUT2D eigenvalue weighted by atomic mass is 10.1. The fourth-order valence-electron chi connectivity index (χ4n) is 2.22. The Labute approximate surface area is 125 Å². The van der Waals surface area contributed by atoms with E-state index in [0.29, 0.717) is 10.8 Å². The highest BCUT2D eigenvalue weighted by atomic mass is 32.2. The maximum absolute atomic E-state index is 12.5. The number of imide groups is 1.